The molecule has 0 atom stereocenters. The van der Waals surface area contributed by atoms with E-state index in [1.54, 1.807) is 12.1 Å². The van der Waals surface area contributed by atoms with E-state index in [4.69, 9.17) is 29.6 Å². The maximum Gasteiger partial charge on any atom is 0.230 e. The Bertz CT molecular complexity index is 648. The molecule has 1 heterocycles. The first kappa shape index (κ1) is 13.5. The van der Waals surface area contributed by atoms with Crippen molar-refractivity contribution in [2.75, 3.05) is 27.1 Å². The van der Waals surface area contributed by atoms with Crippen LogP contribution in [0.1, 0.15) is 5.69 Å². The summed E-state index contributed by atoms with van der Waals surface area (Å²) in [5.41, 5.74) is 6.15. The first-order chi connectivity index (χ1) is 9.64. The summed E-state index contributed by atoms with van der Waals surface area (Å²) in [5.74, 6) is 1.54. The van der Waals surface area contributed by atoms with Gasteiger partial charge in [-0.25, -0.2) is 0 Å². The third-order valence-corrected chi connectivity index (χ3v) is 2.67. The number of nitrogen functional groups attached to an aromatic ring is 1. The molecule has 0 radical (unpaired) electrons. The largest absolute Gasteiger partial charge is 0.493 e. The van der Waals surface area contributed by atoms with E-state index >= 15 is 0 Å². The Morgan fingerprint density at radius 3 is 2.15 bits per heavy atom. The molecule has 0 fully saturated rings. The first-order valence-corrected chi connectivity index (χ1v) is 5.61. The summed E-state index contributed by atoms with van der Waals surface area (Å²) in [7, 11) is 4.52. The van der Waals surface area contributed by atoms with Crippen LogP contribution in [-0.4, -0.2) is 26.3 Å². The highest BCUT2D eigenvalue weighted by Crippen LogP contribution is 2.41. The Morgan fingerprint density at radius 1 is 1.15 bits per heavy atom. The van der Waals surface area contributed by atoms with Gasteiger partial charge in [-0.1, -0.05) is 0 Å². The molecule has 0 spiro atoms. The fourth-order valence-electron chi connectivity index (χ4n) is 1.74. The van der Waals surface area contributed by atoms with Gasteiger partial charge < -0.3 is 24.4 Å². The summed E-state index contributed by atoms with van der Waals surface area (Å²) in [6.07, 6.45) is 0. The second-order valence-corrected chi connectivity index (χ2v) is 3.76. The smallest absolute Gasteiger partial charge is 0.230 e. The van der Waals surface area contributed by atoms with E-state index in [1.165, 1.54) is 21.3 Å². The van der Waals surface area contributed by atoms with E-state index in [1.807, 2.05) is 6.07 Å². The van der Waals surface area contributed by atoms with E-state index in [0.29, 0.717) is 22.8 Å². The van der Waals surface area contributed by atoms with Crippen molar-refractivity contribution < 1.29 is 18.6 Å². The predicted octanol–water partition coefficient (Wildman–Crippen LogP) is 1.82. The van der Waals surface area contributed by atoms with Crippen molar-refractivity contribution in [1.29, 1.82) is 5.26 Å². The molecule has 7 heteroatoms. The lowest BCUT2D eigenvalue weighted by atomic mass is 10.2. The van der Waals surface area contributed by atoms with Gasteiger partial charge in [-0.2, -0.15) is 10.2 Å². The van der Waals surface area contributed by atoms with Gasteiger partial charge in [0.25, 0.3) is 0 Å². The van der Waals surface area contributed by atoms with Gasteiger partial charge in [0.1, 0.15) is 6.07 Å². The monoisotopic (exact) mass is 275 g/mol. The number of hydrogen-bond donors (Lipinski definition) is 1. The van der Waals surface area contributed by atoms with Crippen LogP contribution in [0.4, 0.5) is 5.88 Å². The molecule has 104 valence electrons. The molecule has 2 aromatic rings. The second kappa shape index (κ2) is 5.40. The summed E-state index contributed by atoms with van der Waals surface area (Å²) >= 11 is 0. The minimum absolute atomic E-state index is 0.0312. The minimum Gasteiger partial charge on any atom is -0.493 e. The molecule has 0 aliphatic rings. The van der Waals surface area contributed by atoms with Crippen molar-refractivity contribution in [3.8, 4) is 34.8 Å². The van der Waals surface area contributed by atoms with Gasteiger partial charge in [-0.3, -0.25) is 0 Å². The van der Waals surface area contributed by atoms with Gasteiger partial charge in [-0.15, -0.1) is 0 Å². The van der Waals surface area contributed by atoms with Gasteiger partial charge in [0.15, 0.2) is 11.5 Å². The van der Waals surface area contributed by atoms with Crippen LogP contribution >= 0.6 is 0 Å². The fourth-order valence-corrected chi connectivity index (χ4v) is 1.74. The standard InChI is InChI=1S/C13H13N3O4/c1-17-9-4-7(5-10(18-2)11(9)19-3)13-16-8(6-14)12(15)20-13/h4-5H,15H2,1-3H3. The number of nitriles is 1. The molecule has 0 unspecified atom stereocenters. The molecule has 7 nitrogen and oxygen atoms in total. The average molecular weight is 275 g/mol. The molecule has 20 heavy (non-hydrogen) atoms. The molecule has 0 aliphatic heterocycles. The van der Waals surface area contributed by atoms with E-state index in [9.17, 15) is 0 Å². The van der Waals surface area contributed by atoms with E-state index in [2.05, 4.69) is 4.98 Å². The number of methoxy groups -OCH3 is 3. The lowest BCUT2D eigenvalue weighted by Crippen LogP contribution is -1.95. The van der Waals surface area contributed by atoms with Gasteiger partial charge in [0, 0.05) is 5.56 Å². The number of rotatable bonds is 4. The number of aromatic nitrogens is 1. The van der Waals surface area contributed by atoms with Crippen LogP contribution in [0.3, 0.4) is 0 Å². The van der Waals surface area contributed by atoms with Crippen LogP contribution in [-0.2, 0) is 0 Å². The Labute approximate surface area is 115 Å². The first-order valence-electron chi connectivity index (χ1n) is 5.61. The zero-order chi connectivity index (χ0) is 14.7. The highest BCUT2D eigenvalue weighted by Gasteiger charge is 2.18. The number of nitrogens with two attached hydrogens (primary N) is 1. The normalized spacial score (nSPS) is 9.90. The molecule has 1 aromatic heterocycles. The van der Waals surface area contributed by atoms with Crippen LogP contribution in [0.25, 0.3) is 11.5 Å². The van der Waals surface area contributed by atoms with Crippen molar-refractivity contribution in [1.82, 2.24) is 4.98 Å². The molecular weight excluding hydrogens is 262 g/mol. The fraction of sp³-hybridized carbons (Fsp3) is 0.231. The molecule has 2 rings (SSSR count). The van der Waals surface area contributed by atoms with Crippen molar-refractivity contribution in [2.45, 2.75) is 0 Å². The van der Waals surface area contributed by atoms with Gasteiger partial charge in [0.05, 0.1) is 21.3 Å². The van der Waals surface area contributed by atoms with Crippen LogP contribution < -0.4 is 19.9 Å². The van der Waals surface area contributed by atoms with Gasteiger partial charge >= 0.3 is 0 Å². The summed E-state index contributed by atoms with van der Waals surface area (Å²) < 4.78 is 20.9. The molecule has 1 aromatic carbocycles. The van der Waals surface area contributed by atoms with Gasteiger partial charge in [-0.05, 0) is 12.1 Å². The van der Waals surface area contributed by atoms with E-state index in [0.717, 1.165) is 0 Å². The highest BCUT2D eigenvalue weighted by atomic mass is 16.5. The molecule has 0 amide bonds. The van der Waals surface area contributed by atoms with Crippen molar-refractivity contribution >= 4 is 5.88 Å². The third kappa shape index (κ3) is 2.19. The Kier molecular flexibility index (Phi) is 3.66. The minimum atomic E-state index is -0.0312. The predicted molar refractivity (Wildman–Crippen MR) is 70.7 cm³/mol. The number of oxazole rings is 1. The molecule has 0 bridgehead atoms. The summed E-state index contributed by atoms with van der Waals surface area (Å²) in [4.78, 5) is 4.00. The van der Waals surface area contributed by atoms with E-state index < -0.39 is 0 Å². The van der Waals surface area contributed by atoms with Gasteiger partial charge in [0.2, 0.25) is 23.2 Å². The molecular formula is C13H13N3O4. The zero-order valence-electron chi connectivity index (χ0n) is 11.3. The number of benzene rings is 1. The van der Waals surface area contributed by atoms with Crippen LogP contribution in [0.5, 0.6) is 17.2 Å². The number of hydrogen-bond acceptors (Lipinski definition) is 7. The molecule has 0 aliphatic carbocycles. The molecule has 2 N–H and O–H groups in total. The SMILES string of the molecule is COc1cc(-c2nc(C#N)c(N)o2)cc(OC)c1OC. The van der Waals surface area contributed by atoms with Crippen LogP contribution in [0.2, 0.25) is 0 Å². The van der Waals surface area contributed by atoms with Crippen molar-refractivity contribution in [2.24, 2.45) is 0 Å². The van der Waals surface area contributed by atoms with Crippen molar-refractivity contribution in [3.63, 3.8) is 0 Å². The number of anilines is 1. The maximum absolute atomic E-state index is 8.84. The van der Waals surface area contributed by atoms with Crippen molar-refractivity contribution in [3.05, 3.63) is 17.8 Å². The zero-order valence-corrected chi connectivity index (χ0v) is 11.3. The second-order valence-electron chi connectivity index (χ2n) is 3.76. The summed E-state index contributed by atoms with van der Waals surface area (Å²) in [6, 6.07) is 5.17. The topological polar surface area (TPSA) is 104 Å². The number of nitrogens with zero attached hydrogens (tertiary/aromatic N) is 2. The Morgan fingerprint density at radius 2 is 1.75 bits per heavy atom. The Balaban J connectivity index is 2.59. The maximum atomic E-state index is 8.84. The quantitative estimate of drug-likeness (QED) is 0.907. The average Bonchev–Trinajstić information content (AvgIpc) is 2.86. The third-order valence-electron chi connectivity index (χ3n) is 2.67. The molecule has 0 saturated heterocycles. The Hall–Kier alpha value is -2.88. The lowest BCUT2D eigenvalue weighted by molar-refractivity contribution is 0.324. The van der Waals surface area contributed by atoms with Crippen LogP contribution in [0.15, 0.2) is 16.5 Å². The summed E-state index contributed by atoms with van der Waals surface area (Å²) in [5, 5.41) is 8.84. The number of ether oxygens (including phenoxy) is 3. The highest BCUT2D eigenvalue weighted by molar-refractivity contribution is 5.67. The lowest BCUT2D eigenvalue weighted by Gasteiger charge is -2.12. The van der Waals surface area contributed by atoms with Crippen LogP contribution in [0, 0.1) is 11.3 Å². The summed E-state index contributed by atoms with van der Waals surface area (Å²) in [6.45, 7) is 0. The molecule has 0 saturated carbocycles. The van der Waals surface area contributed by atoms with E-state index in [-0.39, 0.29) is 17.5 Å².